The summed E-state index contributed by atoms with van der Waals surface area (Å²) in [4.78, 5) is 1.64. The summed E-state index contributed by atoms with van der Waals surface area (Å²) in [5.41, 5.74) is 0.655. The lowest BCUT2D eigenvalue weighted by atomic mass is 10.1. The van der Waals surface area contributed by atoms with E-state index in [2.05, 4.69) is 12.2 Å². The molecule has 0 atom stereocenters. The van der Waals surface area contributed by atoms with Crippen LogP contribution < -0.4 is 10.2 Å². The summed E-state index contributed by atoms with van der Waals surface area (Å²) in [6, 6.07) is 2.78. The average molecular weight is 286 g/mol. The predicted octanol–water partition coefficient (Wildman–Crippen LogP) is 2.94. The van der Waals surface area contributed by atoms with Crippen LogP contribution >= 0.6 is 0 Å². The summed E-state index contributed by atoms with van der Waals surface area (Å²) in [6.07, 6.45) is 1.91. The van der Waals surface area contributed by atoms with Crippen LogP contribution in [0.2, 0.25) is 0 Å². The van der Waals surface area contributed by atoms with Crippen molar-refractivity contribution in [1.29, 1.82) is 0 Å². The monoisotopic (exact) mass is 286 g/mol. The van der Waals surface area contributed by atoms with E-state index in [1.54, 1.807) is 19.1 Å². The second-order valence-corrected chi connectivity index (χ2v) is 4.85. The van der Waals surface area contributed by atoms with E-state index in [9.17, 15) is 8.78 Å². The first-order valence-corrected chi connectivity index (χ1v) is 6.98. The molecule has 0 unspecified atom stereocenters. The molecular weight excluding hydrogens is 262 g/mol. The number of hydrogen-bond acceptors (Lipinski definition) is 3. The van der Waals surface area contributed by atoms with E-state index in [1.807, 2.05) is 0 Å². The highest BCUT2D eigenvalue weighted by Gasteiger charge is 2.14. The highest BCUT2D eigenvalue weighted by Crippen LogP contribution is 2.24. The molecule has 0 bridgehead atoms. The van der Waals surface area contributed by atoms with Gasteiger partial charge < -0.3 is 15.0 Å². The van der Waals surface area contributed by atoms with Crippen molar-refractivity contribution in [3.05, 3.63) is 29.3 Å². The van der Waals surface area contributed by atoms with E-state index in [0.29, 0.717) is 31.8 Å². The number of nitrogens with one attached hydrogen (secondary N) is 1. The van der Waals surface area contributed by atoms with Gasteiger partial charge in [0, 0.05) is 33.8 Å². The van der Waals surface area contributed by atoms with E-state index < -0.39 is 11.6 Å². The maximum atomic E-state index is 14.0. The van der Waals surface area contributed by atoms with Crippen molar-refractivity contribution < 1.29 is 13.5 Å². The van der Waals surface area contributed by atoms with Crippen molar-refractivity contribution in [1.82, 2.24) is 5.32 Å². The van der Waals surface area contributed by atoms with E-state index in [0.717, 1.165) is 12.8 Å². The third-order valence-electron chi connectivity index (χ3n) is 3.12. The highest BCUT2D eigenvalue weighted by atomic mass is 19.1. The van der Waals surface area contributed by atoms with E-state index in [-0.39, 0.29) is 5.69 Å². The fourth-order valence-corrected chi connectivity index (χ4v) is 2.00. The Kier molecular flexibility index (Phi) is 7.47. The van der Waals surface area contributed by atoms with Gasteiger partial charge in [-0.05, 0) is 24.1 Å². The van der Waals surface area contributed by atoms with Gasteiger partial charge in [-0.1, -0.05) is 13.3 Å². The van der Waals surface area contributed by atoms with Crippen molar-refractivity contribution in [3.8, 4) is 0 Å². The van der Waals surface area contributed by atoms with Crippen molar-refractivity contribution in [2.24, 2.45) is 0 Å². The maximum Gasteiger partial charge on any atom is 0.149 e. The van der Waals surface area contributed by atoms with Crippen LogP contribution in [0.3, 0.4) is 0 Å². The summed E-state index contributed by atoms with van der Waals surface area (Å²) >= 11 is 0. The van der Waals surface area contributed by atoms with Crippen molar-refractivity contribution in [3.63, 3.8) is 0 Å². The molecule has 0 amide bonds. The van der Waals surface area contributed by atoms with Crippen LogP contribution in [0.1, 0.15) is 25.3 Å². The molecule has 1 N–H and O–H groups in total. The smallest absolute Gasteiger partial charge is 0.149 e. The lowest BCUT2D eigenvalue weighted by molar-refractivity contribution is 0.199. The number of hydrogen-bond donors (Lipinski definition) is 1. The summed E-state index contributed by atoms with van der Waals surface area (Å²) < 4.78 is 33.0. The summed E-state index contributed by atoms with van der Waals surface area (Å²) in [7, 11) is 3.33. The molecule has 0 heterocycles. The molecule has 0 aliphatic heterocycles. The van der Waals surface area contributed by atoms with Crippen LogP contribution in [0.25, 0.3) is 0 Å². The first-order valence-electron chi connectivity index (χ1n) is 6.98. The van der Waals surface area contributed by atoms with Gasteiger partial charge in [0.15, 0.2) is 0 Å². The third kappa shape index (κ3) is 5.06. The van der Waals surface area contributed by atoms with Crippen LogP contribution in [0, 0.1) is 11.6 Å². The Labute approximate surface area is 119 Å². The van der Waals surface area contributed by atoms with E-state index >= 15 is 0 Å². The number of anilines is 1. The molecular formula is C15H24F2N2O. The minimum absolute atomic E-state index is 0.0547. The zero-order valence-corrected chi connectivity index (χ0v) is 12.5. The molecule has 0 aromatic heterocycles. The molecule has 0 saturated carbocycles. The highest BCUT2D eigenvalue weighted by molar-refractivity contribution is 5.50. The number of halogens is 2. The molecule has 3 nitrogen and oxygen atoms in total. The number of nitrogens with zero attached hydrogens (tertiary/aromatic N) is 1. The Morgan fingerprint density at radius 1 is 1.25 bits per heavy atom. The molecule has 0 aliphatic carbocycles. The van der Waals surface area contributed by atoms with Gasteiger partial charge in [0.25, 0.3) is 0 Å². The Hall–Kier alpha value is -1.20. The number of benzene rings is 1. The molecule has 0 saturated heterocycles. The predicted molar refractivity (Wildman–Crippen MR) is 78.1 cm³/mol. The van der Waals surface area contributed by atoms with Crippen LogP contribution in [0.5, 0.6) is 0 Å². The van der Waals surface area contributed by atoms with Crippen molar-refractivity contribution >= 4 is 5.69 Å². The lowest BCUT2D eigenvalue weighted by Crippen LogP contribution is -2.22. The van der Waals surface area contributed by atoms with Crippen LogP contribution in [-0.4, -0.2) is 33.9 Å². The summed E-state index contributed by atoms with van der Waals surface area (Å²) in [5.74, 6) is -1.01. The number of unbranched alkanes of at least 4 members (excludes halogenated alkanes) is 1. The summed E-state index contributed by atoms with van der Waals surface area (Å²) in [6.45, 7) is 4.35. The zero-order chi connectivity index (χ0) is 15.0. The molecule has 1 aromatic carbocycles. The Morgan fingerprint density at radius 3 is 2.45 bits per heavy atom. The minimum Gasteiger partial charge on any atom is -0.383 e. The Balaban J connectivity index is 2.70. The summed E-state index contributed by atoms with van der Waals surface area (Å²) in [5, 5.41) is 3.07. The standard InChI is InChI=1S/C15H24F2N2O/c1-4-5-7-19(2)15-13(16)9-12(10-14(15)17)11-18-6-8-20-3/h9-10,18H,4-8,11H2,1-3H3. The second-order valence-electron chi connectivity index (χ2n) is 4.85. The third-order valence-corrected chi connectivity index (χ3v) is 3.12. The number of rotatable bonds is 9. The van der Waals surface area contributed by atoms with E-state index in [1.165, 1.54) is 12.1 Å². The normalized spacial score (nSPS) is 10.8. The molecule has 0 spiro atoms. The molecule has 0 fully saturated rings. The van der Waals surface area contributed by atoms with Gasteiger partial charge in [0.05, 0.1) is 6.61 Å². The molecule has 20 heavy (non-hydrogen) atoms. The quantitative estimate of drug-likeness (QED) is 0.706. The number of methoxy groups -OCH3 is 1. The average Bonchev–Trinajstić information content (AvgIpc) is 2.40. The lowest BCUT2D eigenvalue weighted by Gasteiger charge is -2.21. The maximum absolute atomic E-state index is 14.0. The first kappa shape index (κ1) is 16.9. The molecule has 5 heteroatoms. The minimum atomic E-state index is -0.507. The van der Waals surface area contributed by atoms with Gasteiger partial charge in [0.2, 0.25) is 0 Å². The van der Waals surface area contributed by atoms with Gasteiger partial charge in [-0.2, -0.15) is 0 Å². The van der Waals surface area contributed by atoms with Crippen LogP contribution in [0.15, 0.2) is 12.1 Å². The van der Waals surface area contributed by atoms with E-state index in [4.69, 9.17) is 4.74 Å². The van der Waals surface area contributed by atoms with Gasteiger partial charge in [-0.25, -0.2) is 8.78 Å². The topological polar surface area (TPSA) is 24.5 Å². The fraction of sp³-hybridized carbons (Fsp3) is 0.600. The molecule has 1 rings (SSSR count). The van der Waals surface area contributed by atoms with Crippen molar-refractivity contribution in [2.75, 3.05) is 38.8 Å². The first-order chi connectivity index (χ1) is 9.60. The molecule has 0 aliphatic rings. The van der Waals surface area contributed by atoms with Gasteiger partial charge in [-0.15, -0.1) is 0 Å². The van der Waals surface area contributed by atoms with Crippen LogP contribution in [-0.2, 0) is 11.3 Å². The zero-order valence-electron chi connectivity index (χ0n) is 12.5. The fourth-order valence-electron chi connectivity index (χ4n) is 2.00. The SMILES string of the molecule is CCCCN(C)c1c(F)cc(CNCCOC)cc1F. The number of ether oxygens (including phenoxy) is 1. The molecule has 1 aromatic rings. The van der Waals surface area contributed by atoms with Crippen molar-refractivity contribution in [2.45, 2.75) is 26.3 Å². The van der Waals surface area contributed by atoms with Gasteiger partial charge >= 0.3 is 0 Å². The Bertz CT molecular complexity index is 390. The van der Waals surface area contributed by atoms with Gasteiger partial charge in [0.1, 0.15) is 17.3 Å². The molecule has 0 radical (unpaired) electrons. The van der Waals surface area contributed by atoms with Gasteiger partial charge in [-0.3, -0.25) is 0 Å². The molecule has 114 valence electrons. The van der Waals surface area contributed by atoms with Crippen LogP contribution in [0.4, 0.5) is 14.5 Å². The second kappa shape index (κ2) is 8.87. The Morgan fingerprint density at radius 2 is 1.90 bits per heavy atom. The largest absolute Gasteiger partial charge is 0.383 e.